The Kier molecular flexibility index (Phi) is 5.54. The Labute approximate surface area is 163 Å². The zero-order valence-corrected chi connectivity index (χ0v) is 16.9. The molecule has 3 heterocycles. The molecule has 4 rings (SSSR count). The molecule has 0 N–H and O–H groups in total. The van der Waals surface area contributed by atoms with Crippen molar-refractivity contribution in [3.05, 3.63) is 28.0 Å². The second kappa shape index (κ2) is 8.06. The molecule has 0 bridgehead atoms. The maximum atomic E-state index is 13.0. The summed E-state index contributed by atoms with van der Waals surface area (Å²) >= 11 is 1.27. The minimum atomic E-state index is -0.0445. The first-order valence-corrected chi connectivity index (χ1v) is 10.6. The topological polar surface area (TPSA) is 73.1 Å². The molecule has 1 amide bonds. The fourth-order valence-corrected chi connectivity index (χ4v) is 4.82. The molecule has 7 nitrogen and oxygen atoms in total. The van der Waals surface area contributed by atoms with Crippen LogP contribution in [0.4, 0.5) is 0 Å². The van der Waals surface area contributed by atoms with Gasteiger partial charge in [-0.25, -0.2) is 0 Å². The average molecular weight is 390 g/mol. The van der Waals surface area contributed by atoms with Gasteiger partial charge in [0.1, 0.15) is 0 Å². The van der Waals surface area contributed by atoms with Crippen LogP contribution in [0.2, 0.25) is 0 Å². The van der Waals surface area contributed by atoms with Crippen LogP contribution in [-0.2, 0) is 17.8 Å². The molecule has 0 aromatic carbocycles. The van der Waals surface area contributed by atoms with Crippen LogP contribution < -0.4 is 0 Å². The highest BCUT2D eigenvalue weighted by Crippen LogP contribution is 2.32. The molecule has 0 spiro atoms. The molecule has 0 saturated heterocycles. The van der Waals surface area contributed by atoms with E-state index < -0.39 is 0 Å². The summed E-state index contributed by atoms with van der Waals surface area (Å²) in [6.07, 6.45) is 7.20. The van der Waals surface area contributed by atoms with Crippen molar-refractivity contribution in [2.75, 3.05) is 19.8 Å². The van der Waals surface area contributed by atoms with Gasteiger partial charge in [0.2, 0.25) is 0 Å². The van der Waals surface area contributed by atoms with Crippen LogP contribution in [0.25, 0.3) is 0 Å². The van der Waals surface area contributed by atoms with Crippen molar-refractivity contribution >= 4 is 17.4 Å². The standard InChI is InChI=1S/C19H27N5O2S/c1-3-26-12-16-11-23(19(25)17-13(2)27-22-21-17)10-15-8-20-24(18(15)16)9-14-6-4-5-7-14/h8,14,16H,3-7,9-12H2,1-2H3/t16-/m1/s1. The normalized spacial score (nSPS) is 20.2. The van der Waals surface area contributed by atoms with Crippen LogP contribution in [0.5, 0.6) is 0 Å². The molecule has 2 aromatic heterocycles. The molecule has 1 aliphatic heterocycles. The number of rotatable bonds is 6. The smallest absolute Gasteiger partial charge is 0.275 e. The lowest BCUT2D eigenvalue weighted by Crippen LogP contribution is -2.40. The lowest BCUT2D eigenvalue weighted by Gasteiger charge is -2.33. The summed E-state index contributed by atoms with van der Waals surface area (Å²) in [5, 5.41) is 8.72. The van der Waals surface area contributed by atoms with Crippen LogP contribution >= 0.6 is 11.5 Å². The highest BCUT2D eigenvalue weighted by Gasteiger charge is 2.34. The van der Waals surface area contributed by atoms with Gasteiger partial charge in [-0.1, -0.05) is 17.3 Å². The third kappa shape index (κ3) is 3.78. The Morgan fingerprint density at radius 3 is 2.89 bits per heavy atom. The Morgan fingerprint density at radius 2 is 2.19 bits per heavy atom. The molecule has 1 atom stereocenters. The number of hydrogen-bond donors (Lipinski definition) is 0. The number of amides is 1. The summed E-state index contributed by atoms with van der Waals surface area (Å²) in [7, 11) is 0. The molecular formula is C19H27N5O2S. The largest absolute Gasteiger partial charge is 0.381 e. The Balaban J connectivity index is 1.58. The van der Waals surface area contributed by atoms with Crippen LogP contribution in [0.3, 0.4) is 0 Å². The quantitative estimate of drug-likeness (QED) is 0.759. The first kappa shape index (κ1) is 18.6. The van der Waals surface area contributed by atoms with Crippen LogP contribution in [0.1, 0.15) is 65.1 Å². The summed E-state index contributed by atoms with van der Waals surface area (Å²) in [5.74, 6) is 0.829. The van der Waals surface area contributed by atoms with Gasteiger partial charge in [0.25, 0.3) is 5.91 Å². The molecule has 2 aromatic rings. The number of hydrogen-bond acceptors (Lipinski definition) is 6. The van der Waals surface area contributed by atoms with Crippen LogP contribution in [-0.4, -0.2) is 49.9 Å². The van der Waals surface area contributed by atoms with Crippen molar-refractivity contribution in [3.8, 4) is 0 Å². The predicted molar refractivity (Wildman–Crippen MR) is 103 cm³/mol. The van der Waals surface area contributed by atoms with Gasteiger partial charge in [0.05, 0.1) is 23.4 Å². The second-order valence-electron chi connectivity index (χ2n) is 7.61. The third-order valence-electron chi connectivity index (χ3n) is 5.72. The molecule has 0 radical (unpaired) electrons. The Morgan fingerprint density at radius 1 is 1.37 bits per heavy atom. The molecule has 8 heteroatoms. The van der Waals surface area contributed by atoms with Crippen molar-refractivity contribution in [1.29, 1.82) is 0 Å². The van der Waals surface area contributed by atoms with Gasteiger partial charge in [-0.05, 0) is 44.1 Å². The zero-order chi connectivity index (χ0) is 18.8. The van der Waals surface area contributed by atoms with E-state index in [1.165, 1.54) is 42.9 Å². The lowest BCUT2D eigenvalue weighted by molar-refractivity contribution is 0.0640. The second-order valence-corrected chi connectivity index (χ2v) is 8.57. The van der Waals surface area contributed by atoms with E-state index in [2.05, 4.69) is 14.3 Å². The van der Waals surface area contributed by atoms with Crippen molar-refractivity contribution in [2.24, 2.45) is 5.92 Å². The molecule has 0 unspecified atom stereocenters. The molecule has 1 aliphatic carbocycles. The number of carbonyl (C=O) groups is 1. The highest BCUT2D eigenvalue weighted by atomic mass is 32.1. The van der Waals surface area contributed by atoms with Crippen molar-refractivity contribution in [1.82, 2.24) is 24.3 Å². The summed E-state index contributed by atoms with van der Waals surface area (Å²) < 4.78 is 11.9. The fraction of sp³-hybridized carbons (Fsp3) is 0.684. The van der Waals surface area contributed by atoms with Crippen LogP contribution in [0.15, 0.2) is 6.20 Å². The van der Waals surface area contributed by atoms with Crippen molar-refractivity contribution in [2.45, 2.75) is 58.5 Å². The first-order chi connectivity index (χ1) is 13.2. The van der Waals surface area contributed by atoms with Gasteiger partial charge < -0.3 is 9.64 Å². The Hall–Kier alpha value is -1.80. The molecule has 146 valence electrons. The van der Waals surface area contributed by atoms with Gasteiger partial charge >= 0.3 is 0 Å². The number of nitrogens with zero attached hydrogens (tertiary/aromatic N) is 5. The maximum absolute atomic E-state index is 13.0. The maximum Gasteiger partial charge on any atom is 0.275 e. The van der Waals surface area contributed by atoms with E-state index in [1.54, 1.807) is 0 Å². The summed E-state index contributed by atoms with van der Waals surface area (Å²) in [6.45, 7) is 7.39. The van der Waals surface area contributed by atoms with Gasteiger partial charge in [-0.3, -0.25) is 9.48 Å². The average Bonchev–Trinajstić information content (AvgIpc) is 3.41. The Bertz CT molecular complexity index is 796. The summed E-state index contributed by atoms with van der Waals surface area (Å²) in [5.41, 5.74) is 2.86. The first-order valence-electron chi connectivity index (χ1n) is 9.88. The van der Waals surface area contributed by atoms with Gasteiger partial charge in [0.15, 0.2) is 5.69 Å². The molecular weight excluding hydrogens is 362 g/mol. The van der Waals surface area contributed by atoms with Gasteiger partial charge in [-0.15, -0.1) is 5.10 Å². The van der Waals surface area contributed by atoms with E-state index in [0.717, 1.165) is 22.9 Å². The number of carbonyl (C=O) groups excluding carboxylic acids is 1. The van der Waals surface area contributed by atoms with E-state index in [0.29, 0.717) is 32.0 Å². The number of aromatic nitrogens is 4. The van der Waals surface area contributed by atoms with Crippen LogP contribution in [0, 0.1) is 12.8 Å². The molecule has 1 saturated carbocycles. The van der Waals surface area contributed by atoms with Gasteiger partial charge in [0, 0.05) is 37.7 Å². The summed E-state index contributed by atoms with van der Waals surface area (Å²) in [6, 6.07) is 0. The zero-order valence-electron chi connectivity index (χ0n) is 16.1. The number of aryl methyl sites for hydroxylation is 1. The number of ether oxygens (including phenoxy) is 1. The number of fused-ring (bicyclic) bond motifs is 1. The summed E-state index contributed by atoms with van der Waals surface area (Å²) in [4.78, 5) is 15.7. The fourth-order valence-electron chi connectivity index (χ4n) is 4.36. The van der Waals surface area contributed by atoms with Gasteiger partial charge in [-0.2, -0.15) is 5.10 Å². The third-order valence-corrected chi connectivity index (χ3v) is 6.35. The molecule has 2 aliphatic rings. The van der Waals surface area contributed by atoms with Crippen molar-refractivity contribution in [3.63, 3.8) is 0 Å². The minimum absolute atomic E-state index is 0.0445. The molecule has 1 fully saturated rings. The van der Waals surface area contributed by atoms with Crippen molar-refractivity contribution < 1.29 is 9.53 Å². The monoisotopic (exact) mass is 389 g/mol. The highest BCUT2D eigenvalue weighted by molar-refractivity contribution is 7.05. The SMILES string of the molecule is CCOC[C@H]1CN(C(=O)c2nnsc2C)Cc2cnn(CC3CCCC3)c21. The predicted octanol–water partition coefficient (Wildman–Crippen LogP) is 3.01. The van der Waals surface area contributed by atoms with E-state index >= 15 is 0 Å². The molecule has 27 heavy (non-hydrogen) atoms. The lowest BCUT2D eigenvalue weighted by atomic mass is 9.96. The van der Waals surface area contributed by atoms with E-state index in [4.69, 9.17) is 9.84 Å². The van der Waals surface area contributed by atoms with E-state index in [9.17, 15) is 4.79 Å². The van der Waals surface area contributed by atoms with E-state index in [1.807, 2.05) is 24.9 Å². The minimum Gasteiger partial charge on any atom is -0.381 e. The van der Waals surface area contributed by atoms with E-state index in [-0.39, 0.29) is 11.8 Å².